The van der Waals surface area contributed by atoms with Gasteiger partial charge in [-0.25, -0.2) is 9.97 Å². The van der Waals surface area contributed by atoms with Crippen molar-refractivity contribution in [2.24, 2.45) is 15.7 Å². The van der Waals surface area contributed by atoms with Gasteiger partial charge >= 0.3 is 0 Å². The molecule has 0 amide bonds. The summed E-state index contributed by atoms with van der Waals surface area (Å²) in [7, 11) is 0. The number of aromatic nitrogens is 3. The van der Waals surface area contributed by atoms with Crippen LogP contribution >= 0.6 is 0 Å². The van der Waals surface area contributed by atoms with Gasteiger partial charge in [-0.15, -0.1) is 0 Å². The number of fused-ring (bicyclic) bond motifs is 1. The number of pyridine rings is 1. The Morgan fingerprint density at radius 2 is 1.90 bits per heavy atom. The third-order valence-corrected chi connectivity index (χ3v) is 4.66. The zero-order chi connectivity index (χ0) is 20.9. The molecule has 0 fully saturated rings. The van der Waals surface area contributed by atoms with Crippen molar-refractivity contribution in [1.82, 2.24) is 15.0 Å². The minimum absolute atomic E-state index is 0.243. The molecule has 0 aliphatic heterocycles. The number of aryl methyl sites for hydroxylation is 3. The Kier molecular flexibility index (Phi) is 6.56. The monoisotopic (exact) mass is 395 g/mol. The molecule has 154 valence electrons. The van der Waals surface area contributed by atoms with Crippen LogP contribution in [0.25, 0.3) is 0 Å². The minimum atomic E-state index is -0.243. The molecule has 0 aromatic carbocycles. The molecule has 2 aromatic heterocycles. The van der Waals surface area contributed by atoms with E-state index >= 15 is 0 Å². The summed E-state index contributed by atoms with van der Waals surface area (Å²) in [5.41, 5.74) is 5.23. The molecule has 0 saturated heterocycles. The number of nitrogens with zero attached hydrogens (tertiary/aromatic N) is 5. The summed E-state index contributed by atoms with van der Waals surface area (Å²) in [5.74, 6) is 0.753. The quantitative estimate of drug-likeness (QED) is 0.522. The third kappa shape index (κ3) is 5.82. The average Bonchev–Trinajstić information content (AvgIpc) is 2.68. The van der Waals surface area contributed by atoms with Gasteiger partial charge in [-0.3, -0.25) is 4.98 Å². The second-order valence-corrected chi connectivity index (χ2v) is 8.23. The fourth-order valence-electron chi connectivity index (χ4n) is 3.00. The zero-order valence-corrected chi connectivity index (χ0v) is 17.9. The molecule has 0 N–H and O–H groups in total. The molecule has 2 aromatic rings. The van der Waals surface area contributed by atoms with Crippen molar-refractivity contribution in [1.29, 1.82) is 0 Å². The van der Waals surface area contributed by atoms with Gasteiger partial charge in [0.1, 0.15) is 30.5 Å². The highest BCUT2D eigenvalue weighted by molar-refractivity contribution is 6.00. The summed E-state index contributed by atoms with van der Waals surface area (Å²) < 4.78 is 0. The molecule has 0 saturated carbocycles. The molecule has 1 aliphatic rings. The van der Waals surface area contributed by atoms with Gasteiger partial charge in [0.2, 0.25) is 0 Å². The van der Waals surface area contributed by atoms with E-state index in [1.165, 1.54) is 0 Å². The number of rotatable bonds is 7. The van der Waals surface area contributed by atoms with E-state index in [0.29, 0.717) is 13.2 Å². The van der Waals surface area contributed by atoms with Crippen LogP contribution in [0, 0.1) is 19.3 Å². The number of hydrogen-bond acceptors (Lipinski definition) is 7. The van der Waals surface area contributed by atoms with E-state index in [-0.39, 0.29) is 5.41 Å². The smallest absolute Gasteiger partial charge is 0.125 e. The lowest BCUT2D eigenvalue weighted by Crippen LogP contribution is -2.24. The molecule has 0 atom stereocenters. The third-order valence-electron chi connectivity index (χ3n) is 4.66. The van der Waals surface area contributed by atoms with Gasteiger partial charge in [-0.1, -0.05) is 30.2 Å². The molecule has 7 nitrogen and oxygen atoms in total. The number of hydrogen-bond donors (Lipinski definition) is 0. The van der Waals surface area contributed by atoms with Crippen molar-refractivity contribution in [3.8, 4) is 0 Å². The van der Waals surface area contributed by atoms with Crippen molar-refractivity contribution < 1.29 is 9.68 Å². The van der Waals surface area contributed by atoms with Crippen molar-refractivity contribution in [2.75, 3.05) is 13.2 Å². The zero-order valence-electron chi connectivity index (χ0n) is 17.9. The Morgan fingerprint density at radius 3 is 2.69 bits per heavy atom. The lowest BCUT2D eigenvalue weighted by Gasteiger charge is -2.22. The van der Waals surface area contributed by atoms with Crippen LogP contribution in [-0.2, 0) is 16.1 Å². The Bertz CT molecular complexity index is 921. The van der Waals surface area contributed by atoms with Gasteiger partial charge in [0, 0.05) is 17.3 Å². The normalized spacial score (nSPS) is 15.9. The predicted octanol–water partition coefficient (Wildman–Crippen LogP) is 4.01. The molecule has 1 aliphatic carbocycles. The van der Waals surface area contributed by atoms with E-state index in [4.69, 9.17) is 9.68 Å². The van der Waals surface area contributed by atoms with Gasteiger partial charge in [-0.2, -0.15) is 0 Å². The molecule has 0 unspecified atom stereocenters. The van der Waals surface area contributed by atoms with E-state index < -0.39 is 0 Å². The van der Waals surface area contributed by atoms with Gasteiger partial charge in [0.05, 0.1) is 11.4 Å². The standard InChI is InChI=1S/C22H29N5O2/c1-15-8-6-10-19(24-15)16(2)26-28-13-22(4,5)14-29-27-20-11-7-9-18-12-23-17(3)25-21(18)20/h6,8,10,12H,7,9,11,13-14H2,1-5H3/b26-16+,27-20+. The predicted molar refractivity (Wildman–Crippen MR) is 113 cm³/mol. The molecule has 29 heavy (non-hydrogen) atoms. The summed E-state index contributed by atoms with van der Waals surface area (Å²) in [6.07, 6.45) is 4.79. The lowest BCUT2D eigenvalue weighted by atomic mass is 9.95. The number of oxime groups is 2. The van der Waals surface area contributed by atoms with Gasteiger partial charge < -0.3 is 9.68 Å². The molecule has 0 bridgehead atoms. The molecular weight excluding hydrogens is 366 g/mol. The van der Waals surface area contributed by atoms with Crippen molar-refractivity contribution in [3.05, 3.63) is 52.9 Å². The largest absolute Gasteiger partial charge is 0.395 e. The van der Waals surface area contributed by atoms with Crippen LogP contribution in [-0.4, -0.2) is 39.6 Å². The Labute approximate surface area is 172 Å². The highest BCUT2D eigenvalue weighted by Gasteiger charge is 2.22. The maximum absolute atomic E-state index is 5.68. The fourth-order valence-corrected chi connectivity index (χ4v) is 3.00. The summed E-state index contributed by atoms with van der Waals surface area (Å²) in [5, 5.41) is 8.58. The highest BCUT2D eigenvalue weighted by Crippen LogP contribution is 2.21. The van der Waals surface area contributed by atoms with E-state index in [9.17, 15) is 0 Å². The second kappa shape index (κ2) is 9.11. The van der Waals surface area contributed by atoms with E-state index in [0.717, 1.165) is 59.2 Å². The van der Waals surface area contributed by atoms with Crippen LogP contribution in [0.5, 0.6) is 0 Å². The van der Waals surface area contributed by atoms with E-state index in [1.807, 2.05) is 45.2 Å². The Balaban J connectivity index is 1.55. The molecule has 2 heterocycles. The first-order valence-corrected chi connectivity index (χ1v) is 9.96. The highest BCUT2D eigenvalue weighted by atomic mass is 16.6. The molecule has 0 radical (unpaired) electrons. The van der Waals surface area contributed by atoms with Gasteiger partial charge in [0.25, 0.3) is 0 Å². The van der Waals surface area contributed by atoms with Crippen LogP contribution < -0.4 is 0 Å². The van der Waals surface area contributed by atoms with Gasteiger partial charge in [-0.05, 0) is 57.7 Å². The average molecular weight is 396 g/mol. The van der Waals surface area contributed by atoms with Crippen LogP contribution in [0.4, 0.5) is 0 Å². The second-order valence-electron chi connectivity index (χ2n) is 8.23. The topological polar surface area (TPSA) is 81.9 Å². The van der Waals surface area contributed by atoms with Crippen LogP contribution in [0.2, 0.25) is 0 Å². The van der Waals surface area contributed by atoms with Crippen LogP contribution in [0.15, 0.2) is 34.7 Å². The van der Waals surface area contributed by atoms with Crippen molar-refractivity contribution in [2.45, 2.75) is 53.9 Å². The molecule has 3 rings (SSSR count). The molecule has 7 heteroatoms. The summed E-state index contributed by atoms with van der Waals surface area (Å²) in [6.45, 7) is 10.7. The fraction of sp³-hybridized carbons (Fsp3) is 0.500. The van der Waals surface area contributed by atoms with Crippen molar-refractivity contribution >= 4 is 11.4 Å². The first kappa shape index (κ1) is 20.9. The van der Waals surface area contributed by atoms with Crippen LogP contribution in [0.1, 0.15) is 62.1 Å². The van der Waals surface area contributed by atoms with E-state index in [1.54, 1.807) is 0 Å². The SMILES string of the molecule is C/C(=N\OCC(C)(C)CO/N=C1\CCCc2cnc(C)nc21)c1cccc(C)n1. The summed E-state index contributed by atoms with van der Waals surface area (Å²) >= 11 is 0. The van der Waals surface area contributed by atoms with E-state index in [2.05, 4.69) is 39.1 Å². The summed E-state index contributed by atoms with van der Waals surface area (Å²) in [4.78, 5) is 24.5. The Morgan fingerprint density at radius 1 is 1.10 bits per heavy atom. The Hall–Kier alpha value is -2.83. The molecular formula is C22H29N5O2. The maximum atomic E-state index is 5.68. The first-order chi connectivity index (χ1) is 13.8. The molecule has 0 spiro atoms. The van der Waals surface area contributed by atoms with Crippen LogP contribution in [0.3, 0.4) is 0 Å². The minimum Gasteiger partial charge on any atom is -0.395 e. The van der Waals surface area contributed by atoms with Crippen molar-refractivity contribution in [3.63, 3.8) is 0 Å². The first-order valence-electron chi connectivity index (χ1n) is 9.96. The van der Waals surface area contributed by atoms with Gasteiger partial charge in [0.15, 0.2) is 0 Å². The maximum Gasteiger partial charge on any atom is 0.125 e. The lowest BCUT2D eigenvalue weighted by molar-refractivity contribution is -0.000159. The summed E-state index contributed by atoms with van der Waals surface area (Å²) in [6, 6.07) is 5.84.